The van der Waals surface area contributed by atoms with Gasteiger partial charge in [0.05, 0.1) is 11.0 Å². The molecule has 55 heavy (non-hydrogen) atoms. The molecule has 264 valence electrons. The average Bonchev–Trinajstić information content (AvgIpc) is 3.70. The van der Waals surface area contributed by atoms with E-state index in [1.54, 1.807) is 0 Å². The number of fused-ring (bicyclic) bond motifs is 4. The Balaban J connectivity index is 0.000000120. The molecule has 0 unspecified atom stereocenters. The minimum absolute atomic E-state index is 0. The predicted octanol–water partition coefficient (Wildman–Crippen LogP) is 13.4. The zero-order valence-corrected chi connectivity index (χ0v) is 33.3. The second-order valence-corrected chi connectivity index (χ2v) is 14.2. The van der Waals surface area contributed by atoms with Crippen LogP contribution in [0.25, 0.3) is 60.9 Å². The predicted molar refractivity (Wildman–Crippen MR) is 219 cm³/mol. The van der Waals surface area contributed by atoms with Crippen LogP contribution in [0.1, 0.15) is 25.0 Å². The quantitative estimate of drug-likeness (QED) is 0.162. The molecule has 1 aromatic heterocycles. The topological polar surface area (TPSA) is 23.4 Å². The number of hydrogen-bond acceptors (Lipinski definition) is 2. The van der Waals surface area contributed by atoms with E-state index in [1.165, 1.54) is 38.6 Å². The molecule has 4 heteroatoms. The molecule has 8 aromatic carbocycles. The van der Waals surface area contributed by atoms with E-state index in [4.69, 9.17) is 9.47 Å². The molecular formula is C51H34NO2W-3. The molecule has 3 heterocycles. The second-order valence-electron chi connectivity index (χ2n) is 14.2. The van der Waals surface area contributed by atoms with Gasteiger partial charge in [-0.1, -0.05) is 110 Å². The van der Waals surface area contributed by atoms with Crippen LogP contribution in [-0.2, 0) is 26.5 Å². The molecule has 0 N–H and O–H groups in total. The van der Waals surface area contributed by atoms with E-state index < -0.39 is 0 Å². The minimum atomic E-state index is 0. The van der Waals surface area contributed by atoms with E-state index in [9.17, 15) is 0 Å². The van der Waals surface area contributed by atoms with E-state index in [0.717, 1.165) is 56.4 Å². The summed E-state index contributed by atoms with van der Waals surface area (Å²) in [6, 6.07) is 67.4. The third-order valence-corrected chi connectivity index (χ3v) is 10.7. The van der Waals surface area contributed by atoms with Crippen molar-refractivity contribution in [1.82, 2.24) is 4.57 Å². The van der Waals surface area contributed by atoms with E-state index in [1.807, 2.05) is 78.9 Å². The van der Waals surface area contributed by atoms with Gasteiger partial charge in [0, 0.05) is 37.4 Å². The molecule has 0 saturated heterocycles. The first-order chi connectivity index (χ1) is 26.6. The molecule has 0 fully saturated rings. The Kier molecular flexibility index (Phi) is 8.76. The standard InChI is InChI=1S/C24H12NO2.C15H13.C12H9.W/c1-2-6-14(7-3-1)15-12-13-17-16-8-4-9-18-21(16)25-22(17)24(15)27-20-11-5-10-19(26-18)23(20)25;1-15(2)13-9-5-3-7-11(13)12-8-4-6-10-14(12)15;1-3-7-11(8-4-1)12-9-5-2-6-10-12;/h2-13H;3-9H,1-2H3;1-9H;/q3*-1;. The van der Waals surface area contributed by atoms with Crippen LogP contribution in [-0.4, -0.2) is 4.57 Å². The maximum absolute atomic E-state index is 6.46. The van der Waals surface area contributed by atoms with Gasteiger partial charge in [-0.3, -0.25) is 4.57 Å². The van der Waals surface area contributed by atoms with Gasteiger partial charge < -0.3 is 9.47 Å². The van der Waals surface area contributed by atoms with Crippen LogP contribution in [0, 0.1) is 18.2 Å². The van der Waals surface area contributed by atoms with Gasteiger partial charge in [-0.05, 0) is 29.2 Å². The first-order valence-corrected chi connectivity index (χ1v) is 18.3. The summed E-state index contributed by atoms with van der Waals surface area (Å²) in [5, 5.41) is 2.36. The maximum Gasteiger partial charge on any atom is 0.157 e. The maximum atomic E-state index is 6.46. The fourth-order valence-electron chi connectivity index (χ4n) is 8.18. The Morgan fingerprint density at radius 1 is 0.491 bits per heavy atom. The van der Waals surface area contributed by atoms with Crippen LogP contribution in [0.2, 0.25) is 0 Å². The number of para-hydroxylation sites is 2. The van der Waals surface area contributed by atoms with E-state index in [-0.39, 0.29) is 26.5 Å². The van der Waals surface area contributed by atoms with Gasteiger partial charge in [0.15, 0.2) is 23.0 Å². The van der Waals surface area contributed by atoms with Gasteiger partial charge in [-0.25, -0.2) is 0 Å². The molecule has 0 bridgehead atoms. The van der Waals surface area contributed by atoms with Gasteiger partial charge >= 0.3 is 0 Å². The Labute approximate surface area is 335 Å². The summed E-state index contributed by atoms with van der Waals surface area (Å²) in [5.41, 5.74) is 13.3. The second kappa shape index (κ2) is 13.9. The van der Waals surface area contributed by atoms with Gasteiger partial charge in [0.25, 0.3) is 0 Å². The monoisotopic (exact) mass is 876 g/mol. The third-order valence-electron chi connectivity index (χ3n) is 10.7. The van der Waals surface area contributed by atoms with Crippen molar-refractivity contribution in [2.75, 3.05) is 0 Å². The van der Waals surface area contributed by atoms with Crippen LogP contribution in [0.4, 0.5) is 0 Å². The van der Waals surface area contributed by atoms with Crippen LogP contribution in [0.5, 0.6) is 23.0 Å². The summed E-state index contributed by atoms with van der Waals surface area (Å²) in [6.07, 6.45) is 0. The van der Waals surface area contributed by atoms with Crippen LogP contribution < -0.4 is 9.47 Å². The summed E-state index contributed by atoms with van der Waals surface area (Å²) in [6.45, 7) is 4.54. The Hall–Kier alpha value is -6.15. The molecule has 3 aliphatic rings. The summed E-state index contributed by atoms with van der Waals surface area (Å²) < 4.78 is 15.0. The molecule has 9 aromatic rings. The Morgan fingerprint density at radius 2 is 1.18 bits per heavy atom. The average molecular weight is 877 g/mol. The van der Waals surface area contributed by atoms with Crippen molar-refractivity contribution >= 4 is 21.8 Å². The van der Waals surface area contributed by atoms with Gasteiger partial charge in [-0.15, -0.1) is 52.6 Å². The molecule has 0 saturated carbocycles. The van der Waals surface area contributed by atoms with Crippen molar-refractivity contribution in [1.29, 1.82) is 0 Å². The molecule has 12 rings (SSSR count). The fourth-order valence-corrected chi connectivity index (χ4v) is 8.18. The molecule has 0 atom stereocenters. The van der Waals surface area contributed by atoms with Crippen LogP contribution in [0.15, 0.2) is 170 Å². The number of hydrogen-bond donors (Lipinski definition) is 0. The zero-order valence-electron chi connectivity index (χ0n) is 30.3. The number of nitrogens with zero attached hydrogens (tertiary/aromatic N) is 1. The zero-order chi connectivity index (χ0) is 36.2. The normalized spacial score (nSPS) is 12.8. The van der Waals surface area contributed by atoms with Crippen molar-refractivity contribution in [3.63, 3.8) is 0 Å². The SMILES string of the molecule is CC1(C)c2[c-]cccc2-c2ccccc21.[W].[c-]1ccc(-c2ccc3c4cccc5c4n4c3c2Oc2cccc(c2-4)O5)cc1.[c-]1ccccc1-c1ccccc1. The first kappa shape index (κ1) is 34.6. The molecule has 2 aliphatic heterocycles. The fraction of sp³-hybridized carbons (Fsp3) is 0.0588. The van der Waals surface area contributed by atoms with Gasteiger partial charge in [0.1, 0.15) is 5.69 Å². The smallest absolute Gasteiger partial charge is 0.157 e. The van der Waals surface area contributed by atoms with Gasteiger partial charge in [-0.2, -0.15) is 54.6 Å². The van der Waals surface area contributed by atoms with Crippen molar-refractivity contribution < 1.29 is 30.5 Å². The van der Waals surface area contributed by atoms with E-state index >= 15 is 0 Å². The van der Waals surface area contributed by atoms with Crippen molar-refractivity contribution in [2.45, 2.75) is 19.3 Å². The molecule has 0 spiro atoms. The number of aromatic nitrogens is 1. The Bertz CT molecular complexity index is 2760. The van der Waals surface area contributed by atoms with Crippen molar-refractivity contribution in [3.05, 3.63) is 199 Å². The summed E-state index contributed by atoms with van der Waals surface area (Å²) in [4.78, 5) is 0. The molecule has 0 amide bonds. The van der Waals surface area contributed by atoms with Crippen LogP contribution >= 0.6 is 0 Å². The van der Waals surface area contributed by atoms with Crippen molar-refractivity contribution in [3.8, 4) is 62.1 Å². The summed E-state index contributed by atoms with van der Waals surface area (Å²) in [7, 11) is 0. The third kappa shape index (κ3) is 5.70. The molecular weight excluding hydrogens is 842 g/mol. The molecule has 1 aliphatic carbocycles. The largest absolute Gasteiger partial charge is 0.453 e. The number of benzene rings is 8. The molecule has 0 radical (unpaired) electrons. The number of rotatable bonds is 2. The van der Waals surface area contributed by atoms with Crippen LogP contribution in [0.3, 0.4) is 0 Å². The van der Waals surface area contributed by atoms with E-state index in [0.29, 0.717) is 0 Å². The summed E-state index contributed by atoms with van der Waals surface area (Å²) >= 11 is 0. The minimum Gasteiger partial charge on any atom is -0.453 e. The van der Waals surface area contributed by atoms with Crippen molar-refractivity contribution in [2.24, 2.45) is 0 Å². The van der Waals surface area contributed by atoms with Gasteiger partial charge in [0.2, 0.25) is 0 Å². The number of ether oxygens (including phenoxy) is 2. The molecule has 3 nitrogen and oxygen atoms in total. The summed E-state index contributed by atoms with van der Waals surface area (Å²) in [5.74, 6) is 3.43. The Morgan fingerprint density at radius 3 is 2.00 bits per heavy atom. The first-order valence-electron chi connectivity index (χ1n) is 18.3. The van der Waals surface area contributed by atoms with E-state index in [2.05, 4.69) is 128 Å².